The maximum Gasteiger partial charge on any atom is 0.419 e. The molecular formula is C15H20N2O3. The molecule has 0 saturated heterocycles. The summed E-state index contributed by atoms with van der Waals surface area (Å²) in [6, 6.07) is 4.89. The first-order valence-corrected chi connectivity index (χ1v) is 6.58. The Balaban J connectivity index is 2.51. The van der Waals surface area contributed by atoms with Crippen LogP contribution in [0.15, 0.2) is 24.4 Å². The molecule has 5 heteroatoms. The summed E-state index contributed by atoms with van der Waals surface area (Å²) >= 11 is 0. The van der Waals surface area contributed by atoms with Crippen LogP contribution in [0.25, 0.3) is 10.9 Å². The Morgan fingerprint density at radius 1 is 1.40 bits per heavy atom. The van der Waals surface area contributed by atoms with Crippen LogP contribution in [-0.4, -0.2) is 27.9 Å². The van der Waals surface area contributed by atoms with Gasteiger partial charge in [-0.15, -0.1) is 0 Å². The van der Waals surface area contributed by atoms with Crippen molar-refractivity contribution in [1.82, 2.24) is 4.57 Å². The molecule has 3 N–H and O–H groups in total. The lowest BCUT2D eigenvalue weighted by Crippen LogP contribution is -2.26. The second-order valence-corrected chi connectivity index (χ2v) is 5.74. The Hall–Kier alpha value is -2.01. The molecule has 0 saturated carbocycles. The van der Waals surface area contributed by atoms with E-state index in [1.54, 1.807) is 24.4 Å². The summed E-state index contributed by atoms with van der Waals surface area (Å²) in [4.78, 5) is 12.2. The number of nitrogens with two attached hydrogens (primary N) is 1. The summed E-state index contributed by atoms with van der Waals surface area (Å²) in [5.41, 5.74) is 6.66. The van der Waals surface area contributed by atoms with Crippen LogP contribution in [0.4, 0.5) is 4.79 Å². The number of phenolic OH excluding ortho intramolecular Hbond substituents is 1. The molecule has 1 heterocycles. The highest BCUT2D eigenvalue weighted by atomic mass is 16.6. The Morgan fingerprint density at radius 3 is 2.70 bits per heavy atom. The molecule has 0 amide bonds. The van der Waals surface area contributed by atoms with Gasteiger partial charge in [0.1, 0.15) is 11.4 Å². The zero-order chi connectivity index (χ0) is 14.9. The highest BCUT2D eigenvalue weighted by molar-refractivity contribution is 5.92. The van der Waals surface area contributed by atoms with Gasteiger partial charge < -0.3 is 15.6 Å². The van der Waals surface area contributed by atoms with Crippen LogP contribution < -0.4 is 5.73 Å². The van der Waals surface area contributed by atoms with E-state index in [1.807, 2.05) is 20.8 Å². The van der Waals surface area contributed by atoms with Gasteiger partial charge in [-0.25, -0.2) is 4.79 Å². The van der Waals surface area contributed by atoms with E-state index in [0.717, 1.165) is 10.9 Å². The van der Waals surface area contributed by atoms with Crippen molar-refractivity contribution in [2.75, 3.05) is 6.54 Å². The Labute approximate surface area is 117 Å². The van der Waals surface area contributed by atoms with E-state index in [4.69, 9.17) is 10.5 Å². The standard InChI is InChI=1S/C15H20N2O3/c1-15(2,3)20-14(19)17-9-10(6-7-16)12-8-11(18)4-5-13(12)17/h4-5,8-9,18H,6-7,16H2,1-3H3. The van der Waals surface area contributed by atoms with Gasteiger partial charge in [0, 0.05) is 11.6 Å². The Kier molecular flexibility index (Phi) is 3.72. The molecule has 0 aliphatic rings. The van der Waals surface area contributed by atoms with Crippen molar-refractivity contribution in [2.45, 2.75) is 32.8 Å². The highest BCUT2D eigenvalue weighted by Crippen LogP contribution is 2.26. The van der Waals surface area contributed by atoms with Gasteiger partial charge in [0.2, 0.25) is 0 Å². The van der Waals surface area contributed by atoms with Crippen molar-refractivity contribution in [1.29, 1.82) is 0 Å². The molecule has 20 heavy (non-hydrogen) atoms. The topological polar surface area (TPSA) is 77.5 Å². The predicted octanol–water partition coefficient (Wildman–Crippen LogP) is 2.63. The molecule has 0 spiro atoms. The van der Waals surface area contributed by atoms with Gasteiger partial charge in [0.25, 0.3) is 0 Å². The third-order valence-electron chi connectivity index (χ3n) is 2.87. The molecule has 0 bridgehead atoms. The molecule has 0 atom stereocenters. The lowest BCUT2D eigenvalue weighted by atomic mass is 10.1. The molecular weight excluding hydrogens is 256 g/mol. The number of hydrogen-bond acceptors (Lipinski definition) is 4. The molecule has 2 aromatic rings. The zero-order valence-electron chi connectivity index (χ0n) is 12.0. The summed E-state index contributed by atoms with van der Waals surface area (Å²) < 4.78 is 6.85. The monoisotopic (exact) mass is 276 g/mol. The van der Waals surface area contributed by atoms with Crippen LogP contribution in [-0.2, 0) is 11.2 Å². The number of aromatic hydroxyl groups is 1. The molecule has 1 aromatic carbocycles. The molecule has 5 nitrogen and oxygen atoms in total. The van der Waals surface area contributed by atoms with E-state index in [9.17, 15) is 9.90 Å². The number of rotatable bonds is 2. The van der Waals surface area contributed by atoms with E-state index in [0.29, 0.717) is 18.5 Å². The minimum atomic E-state index is -0.557. The van der Waals surface area contributed by atoms with Crippen LogP contribution in [0.5, 0.6) is 5.75 Å². The summed E-state index contributed by atoms with van der Waals surface area (Å²) in [6.45, 7) is 5.94. The van der Waals surface area contributed by atoms with Gasteiger partial charge in [-0.3, -0.25) is 4.57 Å². The summed E-state index contributed by atoms with van der Waals surface area (Å²) in [5.74, 6) is 0.165. The lowest BCUT2D eigenvalue weighted by molar-refractivity contribution is 0.0544. The molecule has 0 aliphatic carbocycles. The number of ether oxygens (including phenoxy) is 1. The SMILES string of the molecule is CC(C)(C)OC(=O)n1cc(CCN)c2cc(O)ccc21. The van der Waals surface area contributed by atoms with Gasteiger partial charge in [0.15, 0.2) is 0 Å². The van der Waals surface area contributed by atoms with Gasteiger partial charge in [-0.05, 0) is 57.5 Å². The number of benzene rings is 1. The van der Waals surface area contributed by atoms with E-state index in [2.05, 4.69) is 0 Å². The van der Waals surface area contributed by atoms with Crippen LogP contribution in [0, 0.1) is 0 Å². The Bertz CT molecular complexity index is 638. The largest absolute Gasteiger partial charge is 0.508 e. The molecule has 2 rings (SSSR count). The number of nitrogens with zero attached hydrogens (tertiary/aromatic N) is 1. The van der Waals surface area contributed by atoms with Gasteiger partial charge in [0.05, 0.1) is 5.52 Å². The van der Waals surface area contributed by atoms with Crippen molar-refractivity contribution >= 4 is 17.0 Å². The van der Waals surface area contributed by atoms with Crippen molar-refractivity contribution in [3.63, 3.8) is 0 Å². The number of carbonyl (C=O) groups excluding carboxylic acids is 1. The fourth-order valence-electron chi connectivity index (χ4n) is 2.10. The predicted molar refractivity (Wildman–Crippen MR) is 78.0 cm³/mol. The first-order valence-electron chi connectivity index (χ1n) is 6.58. The molecule has 0 fully saturated rings. The Morgan fingerprint density at radius 2 is 2.10 bits per heavy atom. The fourth-order valence-corrected chi connectivity index (χ4v) is 2.10. The van der Waals surface area contributed by atoms with Crippen molar-refractivity contribution in [3.8, 4) is 5.75 Å². The lowest BCUT2D eigenvalue weighted by Gasteiger charge is -2.19. The first-order chi connectivity index (χ1) is 9.31. The van der Waals surface area contributed by atoms with Crippen LogP contribution >= 0.6 is 0 Å². The zero-order valence-corrected chi connectivity index (χ0v) is 12.0. The van der Waals surface area contributed by atoms with Crippen molar-refractivity contribution in [3.05, 3.63) is 30.0 Å². The third kappa shape index (κ3) is 2.93. The number of phenols is 1. The second kappa shape index (κ2) is 5.17. The molecule has 108 valence electrons. The average Bonchev–Trinajstić information content (AvgIpc) is 2.66. The fraction of sp³-hybridized carbons (Fsp3) is 0.400. The summed E-state index contributed by atoms with van der Waals surface area (Å²) in [5, 5.41) is 10.4. The summed E-state index contributed by atoms with van der Waals surface area (Å²) in [7, 11) is 0. The number of carbonyl (C=O) groups is 1. The maximum absolute atomic E-state index is 12.2. The second-order valence-electron chi connectivity index (χ2n) is 5.74. The number of aromatic nitrogens is 1. The summed E-state index contributed by atoms with van der Waals surface area (Å²) in [6.07, 6.45) is 1.93. The van der Waals surface area contributed by atoms with E-state index < -0.39 is 11.7 Å². The minimum Gasteiger partial charge on any atom is -0.508 e. The quantitative estimate of drug-likeness (QED) is 0.884. The van der Waals surface area contributed by atoms with Crippen LogP contribution in [0.3, 0.4) is 0 Å². The van der Waals surface area contributed by atoms with E-state index >= 15 is 0 Å². The van der Waals surface area contributed by atoms with Gasteiger partial charge in [-0.1, -0.05) is 0 Å². The maximum atomic E-state index is 12.2. The van der Waals surface area contributed by atoms with Gasteiger partial charge in [-0.2, -0.15) is 0 Å². The highest BCUT2D eigenvalue weighted by Gasteiger charge is 2.20. The van der Waals surface area contributed by atoms with E-state index in [-0.39, 0.29) is 5.75 Å². The van der Waals surface area contributed by atoms with Gasteiger partial charge >= 0.3 is 6.09 Å². The molecule has 0 unspecified atom stereocenters. The third-order valence-corrected chi connectivity index (χ3v) is 2.87. The normalized spacial score (nSPS) is 11.8. The average molecular weight is 276 g/mol. The number of fused-ring (bicyclic) bond motifs is 1. The number of hydrogen-bond donors (Lipinski definition) is 2. The van der Waals surface area contributed by atoms with Crippen LogP contribution in [0.2, 0.25) is 0 Å². The minimum absolute atomic E-state index is 0.165. The first kappa shape index (κ1) is 14.4. The molecule has 1 aromatic heterocycles. The molecule has 0 aliphatic heterocycles. The van der Waals surface area contributed by atoms with Crippen molar-refractivity contribution in [2.24, 2.45) is 5.73 Å². The van der Waals surface area contributed by atoms with Crippen LogP contribution in [0.1, 0.15) is 26.3 Å². The van der Waals surface area contributed by atoms with Crippen molar-refractivity contribution < 1.29 is 14.6 Å². The molecule has 0 radical (unpaired) electrons. The smallest absolute Gasteiger partial charge is 0.419 e. The van der Waals surface area contributed by atoms with E-state index in [1.165, 1.54) is 4.57 Å².